The molecule has 98 valence electrons. The van der Waals surface area contributed by atoms with Crippen LogP contribution in [-0.2, 0) is 0 Å². The average molecular weight is 265 g/mol. The molecule has 0 saturated carbocycles. The monoisotopic (exact) mass is 265 g/mol. The maximum Gasteiger partial charge on any atom is 0.137 e. The van der Waals surface area contributed by atoms with Gasteiger partial charge in [0.25, 0.3) is 0 Å². The van der Waals surface area contributed by atoms with E-state index in [0.717, 1.165) is 11.1 Å². The minimum atomic E-state index is -0.480. The molecule has 2 rings (SSSR count). The van der Waals surface area contributed by atoms with Crippen molar-refractivity contribution in [2.45, 2.75) is 26.0 Å². The highest BCUT2D eigenvalue weighted by atomic mass is 32.1. The summed E-state index contributed by atoms with van der Waals surface area (Å²) in [6.07, 6.45) is -0.480. The van der Waals surface area contributed by atoms with E-state index in [2.05, 4.69) is 25.2 Å². The molecular formula is C14H19NO2S. The first-order chi connectivity index (χ1) is 8.66. The highest BCUT2D eigenvalue weighted by Gasteiger charge is 2.08. The maximum absolute atomic E-state index is 9.78. The molecule has 1 aromatic carbocycles. The molecule has 0 radical (unpaired) electrons. The maximum atomic E-state index is 9.78. The fourth-order valence-electron chi connectivity index (χ4n) is 1.68. The fourth-order valence-corrected chi connectivity index (χ4v) is 2.56. The number of ether oxygens (including phenoxy) is 1. The summed E-state index contributed by atoms with van der Waals surface area (Å²) in [7, 11) is 0. The second-order valence-electron chi connectivity index (χ2n) is 4.62. The summed E-state index contributed by atoms with van der Waals surface area (Å²) in [5.41, 5.74) is 0. The Morgan fingerprint density at radius 3 is 2.89 bits per heavy atom. The zero-order chi connectivity index (χ0) is 13.0. The Labute approximate surface area is 111 Å². The Morgan fingerprint density at radius 1 is 1.33 bits per heavy atom. The topological polar surface area (TPSA) is 41.5 Å². The minimum absolute atomic E-state index is 0.320. The van der Waals surface area contributed by atoms with Crippen LogP contribution in [-0.4, -0.2) is 30.4 Å². The molecule has 0 unspecified atom stereocenters. The van der Waals surface area contributed by atoms with Crippen LogP contribution in [0.25, 0.3) is 10.1 Å². The molecule has 1 heterocycles. The van der Waals surface area contributed by atoms with Gasteiger partial charge in [-0.3, -0.25) is 0 Å². The molecule has 0 aliphatic heterocycles. The quantitative estimate of drug-likeness (QED) is 0.843. The zero-order valence-corrected chi connectivity index (χ0v) is 11.5. The Hall–Kier alpha value is -1.10. The summed E-state index contributed by atoms with van der Waals surface area (Å²) >= 11 is 1.66. The molecule has 0 fully saturated rings. The van der Waals surface area contributed by atoms with Crippen LogP contribution in [0, 0.1) is 0 Å². The highest BCUT2D eigenvalue weighted by Crippen LogP contribution is 2.31. The van der Waals surface area contributed by atoms with Crippen molar-refractivity contribution in [3.8, 4) is 5.75 Å². The molecule has 0 spiro atoms. The van der Waals surface area contributed by atoms with E-state index < -0.39 is 6.10 Å². The normalized spacial score (nSPS) is 13.1. The van der Waals surface area contributed by atoms with E-state index >= 15 is 0 Å². The summed E-state index contributed by atoms with van der Waals surface area (Å²) in [5.74, 6) is 0.860. The van der Waals surface area contributed by atoms with Crippen molar-refractivity contribution in [3.05, 3.63) is 29.6 Å². The van der Waals surface area contributed by atoms with Crippen molar-refractivity contribution < 1.29 is 9.84 Å². The molecule has 0 bridgehead atoms. The molecule has 3 nitrogen and oxygen atoms in total. The van der Waals surface area contributed by atoms with Crippen LogP contribution in [0.5, 0.6) is 5.75 Å². The first-order valence-electron chi connectivity index (χ1n) is 6.17. The number of hydrogen-bond acceptors (Lipinski definition) is 4. The lowest BCUT2D eigenvalue weighted by atomic mass is 10.2. The molecule has 1 atom stereocenters. The van der Waals surface area contributed by atoms with Crippen LogP contribution in [0.3, 0.4) is 0 Å². The number of nitrogens with one attached hydrogen (secondary N) is 1. The minimum Gasteiger partial charge on any atom is -0.489 e. The lowest BCUT2D eigenvalue weighted by molar-refractivity contribution is 0.105. The van der Waals surface area contributed by atoms with E-state index in [0.29, 0.717) is 19.2 Å². The number of thiophene rings is 1. The Kier molecular flexibility index (Phi) is 4.58. The first kappa shape index (κ1) is 13.3. The molecule has 0 aliphatic rings. The van der Waals surface area contributed by atoms with E-state index in [1.165, 1.54) is 4.70 Å². The molecule has 0 saturated heterocycles. The number of benzene rings is 1. The molecular weight excluding hydrogens is 246 g/mol. The highest BCUT2D eigenvalue weighted by molar-refractivity contribution is 7.17. The largest absolute Gasteiger partial charge is 0.489 e. The van der Waals surface area contributed by atoms with Crippen LogP contribution in [0.2, 0.25) is 0 Å². The van der Waals surface area contributed by atoms with Crippen molar-refractivity contribution in [2.24, 2.45) is 0 Å². The number of aliphatic hydroxyl groups is 1. The van der Waals surface area contributed by atoms with Crippen LogP contribution in [0.15, 0.2) is 29.6 Å². The second-order valence-corrected chi connectivity index (χ2v) is 5.54. The SMILES string of the molecule is CC(C)NC[C@@H](O)COc1csc2ccccc12. The second kappa shape index (κ2) is 6.18. The first-order valence-corrected chi connectivity index (χ1v) is 7.05. The van der Waals surface area contributed by atoms with Crippen LogP contribution < -0.4 is 10.1 Å². The standard InChI is InChI=1S/C14H19NO2S/c1-10(2)15-7-11(16)8-17-13-9-18-14-6-4-3-5-12(13)14/h3-6,9-11,15-16H,7-8H2,1-2H3/t11-/m1/s1. The zero-order valence-electron chi connectivity index (χ0n) is 10.7. The third-order valence-electron chi connectivity index (χ3n) is 2.64. The van der Waals surface area contributed by atoms with Crippen molar-refractivity contribution >= 4 is 21.4 Å². The van der Waals surface area contributed by atoms with E-state index in [9.17, 15) is 5.11 Å². The number of rotatable bonds is 6. The molecule has 0 amide bonds. The van der Waals surface area contributed by atoms with Gasteiger partial charge in [-0.2, -0.15) is 0 Å². The summed E-state index contributed by atoms with van der Waals surface area (Å²) < 4.78 is 6.88. The molecule has 18 heavy (non-hydrogen) atoms. The summed E-state index contributed by atoms with van der Waals surface area (Å²) in [6.45, 7) is 4.99. The van der Waals surface area contributed by atoms with Gasteiger partial charge in [-0.25, -0.2) is 0 Å². The van der Waals surface area contributed by atoms with Crippen molar-refractivity contribution in [2.75, 3.05) is 13.2 Å². The van der Waals surface area contributed by atoms with Crippen LogP contribution in [0.4, 0.5) is 0 Å². The molecule has 1 aromatic heterocycles. The van der Waals surface area contributed by atoms with Crippen LogP contribution >= 0.6 is 11.3 Å². The predicted molar refractivity (Wildman–Crippen MR) is 76.5 cm³/mol. The lowest BCUT2D eigenvalue weighted by Gasteiger charge is -2.14. The van der Waals surface area contributed by atoms with Gasteiger partial charge >= 0.3 is 0 Å². The third kappa shape index (κ3) is 3.45. The van der Waals surface area contributed by atoms with Crippen LogP contribution in [0.1, 0.15) is 13.8 Å². The predicted octanol–water partition coefficient (Wildman–Crippen LogP) is 2.64. The smallest absolute Gasteiger partial charge is 0.137 e. The fraction of sp³-hybridized carbons (Fsp3) is 0.429. The number of hydrogen-bond donors (Lipinski definition) is 2. The van der Waals surface area contributed by atoms with E-state index in [-0.39, 0.29) is 0 Å². The molecule has 0 aliphatic carbocycles. The number of fused-ring (bicyclic) bond motifs is 1. The lowest BCUT2D eigenvalue weighted by Crippen LogP contribution is -2.35. The Balaban J connectivity index is 1.90. The van der Waals surface area contributed by atoms with Gasteiger partial charge in [0, 0.05) is 28.1 Å². The van der Waals surface area contributed by atoms with Gasteiger partial charge in [0.15, 0.2) is 0 Å². The summed E-state index contributed by atoms with van der Waals surface area (Å²) in [4.78, 5) is 0. The van der Waals surface area contributed by atoms with Gasteiger partial charge in [0.1, 0.15) is 18.5 Å². The van der Waals surface area contributed by atoms with Gasteiger partial charge in [-0.1, -0.05) is 26.0 Å². The van der Waals surface area contributed by atoms with Gasteiger partial charge in [0.05, 0.1) is 0 Å². The van der Waals surface area contributed by atoms with E-state index in [1.807, 2.05) is 23.6 Å². The van der Waals surface area contributed by atoms with Gasteiger partial charge in [-0.05, 0) is 12.1 Å². The van der Waals surface area contributed by atoms with Crippen molar-refractivity contribution in [3.63, 3.8) is 0 Å². The Morgan fingerprint density at radius 2 is 2.11 bits per heavy atom. The Bertz CT molecular complexity index is 495. The molecule has 2 N–H and O–H groups in total. The number of aliphatic hydroxyl groups excluding tert-OH is 1. The molecule has 4 heteroatoms. The van der Waals surface area contributed by atoms with Crippen molar-refractivity contribution in [1.82, 2.24) is 5.32 Å². The summed E-state index contributed by atoms with van der Waals surface area (Å²) in [5, 5.41) is 16.1. The molecule has 2 aromatic rings. The van der Waals surface area contributed by atoms with Gasteiger partial charge in [0.2, 0.25) is 0 Å². The summed E-state index contributed by atoms with van der Waals surface area (Å²) in [6, 6.07) is 8.51. The third-order valence-corrected chi connectivity index (χ3v) is 3.58. The van der Waals surface area contributed by atoms with E-state index in [1.54, 1.807) is 11.3 Å². The average Bonchev–Trinajstić information content (AvgIpc) is 2.77. The van der Waals surface area contributed by atoms with E-state index in [4.69, 9.17) is 4.74 Å². The van der Waals surface area contributed by atoms with Gasteiger partial charge in [-0.15, -0.1) is 11.3 Å². The van der Waals surface area contributed by atoms with Gasteiger partial charge < -0.3 is 15.2 Å². The van der Waals surface area contributed by atoms with Crippen molar-refractivity contribution in [1.29, 1.82) is 0 Å².